The van der Waals surface area contributed by atoms with E-state index in [-0.39, 0.29) is 0 Å². The van der Waals surface area contributed by atoms with Crippen molar-refractivity contribution < 1.29 is 0 Å². The molecule has 1 aromatic heterocycles. The van der Waals surface area contributed by atoms with Crippen molar-refractivity contribution in [3.63, 3.8) is 0 Å². The van der Waals surface area contributed by atoms with Crippen LogP contribution in [0.25, 0.3) is 0 Å². The first-order chi connectivity index (χ1) is 9.08. The maximum absolute atomic E-state index is 4.64. The van der Waals surface area contributed by atoms with Crippen LogP contribution in [0, 0.1) is 17.3 Å². The summed E-state index contributed by atoms with van der Waals surface area (Å²) in [5, 5.41) is 8.07. The number of nitrogens with zero attached hydrogens (tertiary/aromatic N) is 2. The van der Waals surface area contributed by atoms with Crippen LogP contribution < -0.4 is 5.32 Å². The van der Waals surface area contributed by atoms with Crippen LogP contribution in [0.1, 0.15) is 37.6 Å². The number of hydrogen-bond donors (Lipinski definition) is 1. The number of fused-ring (bicyclic) bond motifs is 1. The molecular weight excluding hydrogens is 302 g/mol. The van der Waals surface area contributed by atoms with Crippen LogP contribution in [0.4, 0.5) is 0 Å². The van der Waals surface area contributed by atoms with Gasteiger partial charge in [0.15, 0.2) is 0 Å². The van der Waals surface area contributed by atoms with Gasteiger partial charge in [0.2, 0.25) is 0 Å². The van der Waals surface area contributed by atoms with Gasteiger partial charge in [0.05, 0.1) is 15.9 Å². The highest BCUT2D eigenvalue weighted by atomic mass is 79.9. The highest BCUT2D eigenvalue weighted by Gasteiger charge is 2.53. The van der Waals surface area contributed by atoms with Gasteiger partial charge in [-0.15, -0.1) is 0 Å². The second-order valence-electron chi connectivity index (χ2n) is 6.56. The Labute approximate surface area is 124 Å². The second kappa shape index (κ2) is 4.88. The number of aryl methyl sites for hydroxylation is 2. The number of rotatable bonds is 5. The van der Waals surface area contributed by atoms with E-state index >= 15 is 0 Å². The third kappa shape index (κ3) is 2.38. The summed E-state index contributed by atoms with van der Waals surface area (Å²) in [4.78, 5) is 0. The molecule has 0 radical (unpaired) electrons. The van der Waals surface area contributed by atoms with E-state index in [4.69, 9.17) is 0 Å². The zero-order valence-electron chi connectivity index (χ0n) is 12.2. The fourth-order valence-electron chi connectivity index (χ4n) is 4.10. The lowest BCUT2D eigenvalue weighted by Gasteiger charge is -2.31. The van der Waals surface area contributed by atoms with Gasteiger partial charge in [-0.1, -0.05) is 6.92 Å². The van der Waals surface area contributed by atoms with Gasteiger partial charge in [-0.25, -0.2) is 0 Å². The fourth-order valence-corrected chi connectivity index (χ4v) is 4.86. The van der Waals surface area contributed by atoms with Gasteiger partial charge in [0.25, 0.3) is 0 Å². The van der Waals surface area contributed by atoms with E-state index in [9.17, 15) is 0 Å². The molecule has 106 valence electrons. The molecule has 1 N–H and O–H groups in total. The smallest absolute Gasteiger partial charge is 0.0766 e. The molecule has 0 spiro atoms. The first-order valence-corrected chi connectivity index (χ1v) is 8.22. The molecular formula is C15H24BrN3. The summed E-state index contributed by atoms with van der Waals surface area (Å²) in [6.45, 7) is 3.31. The highest BCUT2D eigenvalue weighted by Crippen LogP contribution is 2.60. The minimum atomic E-state index is 0.462. The van der Waals surface area contributed by atoms with Crippen LogP contribution in [0.2, 0.25) is 0 Å². The van der Waals surface area contributed by atoms with Crippen LogP contribution >= 0.6 is 15.9 Å². The number of nitrogens with one attached hydrogen (secondary N) is 1. The van der Waals surface area contributed by atoms with Crippen LogP contribution in [-0.2, 0) is 19.9 Å². The molecule has 3 rings (SSSR count). The quantitative estimate of drug-likeness (QED) is 0.902. The molecule has 1 heterocycles. The van der Waals surface area contributed by atoms with Crippen molar-refractivity contribution >= 4 is 15.9 Å². The molecule has 2 fully saturated rings. The highest BCUT2D eigenvalue weighted by molar-refractivity contribution is 9.10. The second-order valence-corrected chi connectivity index (χ2v) is 7.35. The lowest BCUT2D eigenvalue weighted by Crippen LogP contribution is -2.34. The molecule has 2 aliphatic carbocycles. The Hall–Kier alpha value is -0.350. The van der Waals surface area contributed by atoms with Crippen LogP contribution in [0.3, 0.4) is 0 Å². The van der Waals surface area contributed by atoms with Gasteiger partial charge in [0, 0.05) is 13.6 Å². The zero-order chi connectivity index (χ0) is 13.6. The lowest BCUT2D eigenvalue weighted by molar-refractivity contribution is 0.249. The summed E-state index contributed by atoms with van der Waals surface area (Å²) in [7, 11) is 4.17. The Bertz CT molecular complexity index is 470. The molecule has 2 atom stereocenters. The molecule has 1 aromatic rings. The molecule has 2 aliphatic rings. The first kappa shape index (κ1) is 13.6. The predicted octanol–water partition coefficient (Wildman–Crippen LogP) is 2.92. The Balaban J connectivity index is 1.84. The molecule has 3 nitrogen and oxygen atoms in total. The summed E-state index contributed by atoms with van der Waals surface area (Å²) < 4.78 is 3.33. The van der Waals surface area contributed by atoms with E-state index in [0.717, 1.165) is 31.2 Å². The van der Waals surface area contributed by atoms with Crippen molar-refractivity contribution in [2.75, 3.05) is 13.6 Å². The van der Waals surface area contributed by atoms with Crippen molar-refractivity contribution in [1.82, 2.24) is 15.1 Å². The Morgan fingerprint density at radius 2 is 2.11 bits per heavy atom. The molecule has 0 bridgehead atoms. The SMILES string of the molecule is CCc1nn(C)c(CC2(CNC)CC3CC3C2)c1Br. The Morgan fingerprint density at radius 3 is 2.63 bits per heavy atom. The van der Waals surface area contributed by atoms with Crippen molar-refractivity contribution in [3.8, 4) is 0 Å². The molecule has 2 unspecified atom stereocenters. The van der Waals surface area contributed by atoms with Crippen LogP contribution in [-0.4, -0.2) is 23.4 Å². The molecule has 4 heteroatoms. The molecule has 2 saturated carbocycles. The summed E-state index contributed by atoms with van der Waals surface area (Å²) in [5.41, 5.74) is 3.04. The van der Waals surface area contributed by atoms with Gasteiger partial charge in [-0.2, -0.15) is 5.10 Å². The Morgan fingerprint density at radius 1 is 1.42 bits per heavy atom. The van der Waals surface area contributed by atoms with Gasteiger partial charge in [0.1, 0.15) is 0 Å². The maximum Gasteiger partial charge on any atom is 0.0766 e. The van der Waals surface area contributed by atoms with Crippen molar-refractivity contribution in [2.45, 2.75) is 39.0 Å². The minimum Gasteiger partial charge on any atom is -0.319 e. The molecule has 0 aliphatic heterocycles. The van der Waals surface area contributed by atoms with E-state index in [0.29, 0.717) is 5.41 Å². The third-order valence-corrected chi connectivity index (χ3v) is 5.97. The molecule has 0 amide bonds. The topological polar surface area (TPSA) is 29.9 Å². The summed E-state index contributed by atoms with van der Waals surface area (Å²) in [5.74, 6) is 2.04. The van der Waals surface area contributed by atoms with E-state index in [1.807, 2.05) is 0 Å². The predicted molar refractivity (Wildman–Crippen MR) is 81.2 cm³/mol. The zero-order valence-corrected chi connectivity index (χ0v) is 13.8. The summed E-state index contributed by atoms with van der Waals surface area (Å²) in [6.07, 6.45) is 6.44. The average Bonchev–Trinajstić information content (AvgIpc) is 2.91. The maximum atomic E-state index is 4.64. The monoisotopic (exact) mass is 325 g/mol. The fraction of sp³-hybridized carbons (Fsp3) is 0.800. The van der Waals surface area contributed by atoms with E-state index in [1.165, 1.54) is 35.1 Å². The van der Waals surface area contributed by atoms with Crippen molar-refractivity contribution in [1.29, 1.82) is 0 Å². The number of halogens is 1. The molecule has 0 saturated heterocycles. The van der Waals surface area contributed by atoms with Gasteiger partial charge in [-0.05, 0) is 72.3 Å². The average molecular weight is 326 g/mol. The van der Waals surface area contributed by atoms with E-state index in [1.54, 1.807) is 0 Å². The van der Waals surface area contributed by atoms with Gasteiger partial charge < -0.3 is 5.32 Å². The standard InChI is InChI=1S/C15H24BrN3/c1-4-12-14(16)13(19(3)18-12)8-15(9-17-2)6-10-5-11(10)7-15/h10-11,17H,4-9H2,1-3H3. The summed E-state index contributed by atoms with van der Waals surface area (Å²) >= 11 is 3.77. The minimum absolute atomic E-state index is 0.462. The van der Waals surface area contributed by atoms with Crippen LogP contribution in [0.15, 0.2) is 4.47 Å². The lowest BCUT2D eigenvalue weighted by atomic mass is 9.78. The van der Waals surface area contributed by atoms with Gasteiger partial charge in [-0.3, -0.25) is 4.68 Å². The van der Waals surface area contributed by atoms with Gasteiger partial charge >= 0.3 is 0 Å². The van der Waals surface area contributed by atoms with E-state index in [2.05, 4.69) is 52.0 Å². The van der Waals surface area contributed by atoms with Crippen molar-refractivity contribution in [2.24, 2.45) is 24.3 Å². The normalized spacial score (nSPS) is 32.6. The summed E-state index contributed by atoms with van der Waals surface area (Å²) in [6, 6.07) is 0. The molecule has 0 aromatic carbocycles. The third-order valence-electron chi connectivity index (χ3n) is 5.06. The van der Waals surface area contributed by atoms with Crippen LogP contribution in [0.5, 0.6) is 0 Å². The molecule has 19 heavy (non-hydrogen) atoms. The number of hydrogen-bond acceptors (Lipinski definition) is 2. The van der Waals surface area contributed by atoms with Crippen molar-refractivity contribution in [3.05, 3.63) is 15.9 Å². The van der Waals surface area contributed by atoms with E-state index < -0.39 is 0 Å². The Kier molecular flexibility index (Phi) is 3.50. The largest absolute Gasteiger partial charge is 0.319 e. The first-order valence-electron chi connectivity index (χ1n) is 7.43. The number of aromatic nitrogens is 2.